The first-order valence-electron chi connectivity index (χ1n) is 9.02. The van der Waals surface area contributed by atoms with Crippen molar-refractivity contribution in [2.75, 3.05) is 38.2 Å². The Morgan fingerprint density at radius 3 is 2.30 bits per heavy atom. The minimum absolute atomic E-state index is 0.238. The fourth-order valence-electron chi connectivity index (χ4n) is 3.27. The van der Waals surface area contributed by atoms with Crippen LogP contribution in [0.2, 0.25) is 5.02 Å². The van der Waals surface area contributed by atoms with Gasteiger partial charge in [-0.15, -0.1) is 0 Å². The van der Waals surface area contributed by atoms with Gasteiger partial charge in [0.25, 0.3) is 0 Å². The molecule has 0 aliphatic carbocycles. The fraction of sp³-hybridized carbons (Fsp3) is 0.400. The lowest BCUT2D eigenvalue weighted by Gasteiger charge is -2.36. The quantitative estimate of drug-likeness (QED) is 0.750. The van der Waals surface area contributed by atoms with Crippen LogP contribution in [0, 0.1) is 0 Å². The number of ether oxygens (including phenoxy) is 1. The number of methoxy groups -OCH3 is 1. The molecule has 1 aliphatic rings. The number of para-hydroxylation sites is 1. The van der Waals surface area contributed by atoms with Crippen LogP contribution in [0.15, 0.2) is 47.4 Å². The second kappa shape index (κ2) is 8.09. The van der Waals surface area contributed by atoms with E-state index in [9.17, 15) is 8.42 Å². The van der Waals surface area contributed by atoms with Gasteiger partial charge in [0.1, 0.15) is 10.6 Å². The minimum atomic E-state index is -3.63. The molecule has 0 bridgehead atoms. The molecule has 1 heterocycles. The van der Waals surface area contributed by atoms with E-state index in [0.717, 1.165) is 11.3 Å². The van der Waals surface area contributed by atoms with Gasteiger partial charge in [-0.3, -0.25) is 0 Å². The van der Waals surface area contributed by atoms with Crippen molar-refractivity contribution in [3.63, 3.8) is 0 Å². The zero-order chi connectivity index (χ0) is 19.6. The Labute approximate surface area is 166 Å². The summed E-state index contributed by atoms with van der Waals surface area (Å²) in [7, 11) is -2.13. The maximum atomic E-state index is 13.3. The predicted molar refractivity (Wildman–Crippen MR) is 110 cm³/mol. The van der Waals surface area contributed by atoms with Crippen molar-refractivity contribution < 1.29 is 13.2 Å². The van der Waals surface area contributed by atoms with E-state index in [4.69, 9.17) is 16.3 Å². The van der Waals surface area contributed by atoms with Gasteiger partial charge in [-0.05, 0) is 35.7 Å². The van der Waals surface area contributed by atoms with Crippen molar-refractivity contribution in [2.24, 2.45) is 0 Å². The van der Waals surface area contributed by atoms with E-state index in [1.54, 1.807) is 12.1 Å². The summed E-state index contributed by atoms with van der Waals surface area (Å²) in [5.41, 5.74) is 1.92. The van der Waals surface area contributed by atoms with E-state index in [0.29, 0.717) is 37.0 Å². The Balaban J connectivity index is 1.83. The van der Waals surface area contributed by atoms with Crippen LogP contribution < -0.4 is 9.64 Å². The number of nitrogens with zero attached hydrogens (tertiary/aromatic N) is 2. The molecule has 2 aromatic rings. The second-order valence-electron chi connectivity index (χ2n) is 6.91. The topological polar surface area (TPSA) is 49.9 Å². The van der Waals surface area contributed by atoms with Crippen LogP contribution in [0.1, 0.15) is 25.3 Å². The van der Waals surface area contributed by atoms with Gasteiger partial charge >= 0.3 is 0 Å². The number of rotatable bonds is 5. The van der Waals surface area contributed by atoms with Crippen LogP contribution >= 0.6 is 11.6 Å². The Bertz CT molecular complexity index is 907. The number of hydrogen-bond donors (Lipinski definition) is 0. The molecule has 7 heteroatoms. The Hall–Kier alpha value is -1.76. The lowest BCUT2D eigenvalue weighted by Crippen LogP contribution is -2.48. The van der Waals surface area contributed by atoms with Crippen LogP contribution in [-0.4, -0.2) is 46.0 Å². The largest absolute Gasteiger partial charge is 0.495 e. The first kappa shape index (κ1) is 20.0. The predicted octanol–water partition coefficient (Wildman–Crippen LogP) is 3.98. The van der Waals surface area contributed by atoms with Gasteiger partial charge in [-0.25, -0.2) is 8.42 Å². The third kappa shape index (κ3) is 4.08. The van der Waals surface area contributed by atoms with Crippen molar-refractivity contribution in [1.29, 1.82) is 0 Å². The average molecular weight is 409 g/mol. The summed E-state index contributed by atoms with van der Waals surface area (Å²) < 4.78 is 33.4. The number of piperazine rings is 1. The summed E-state index contributed by atoms with van der Waals surface area (Å²) in [6, 6.07) is 13.0. The minimum Gasteiger partial charge on any atom is -0.495 e. The third-order valence-electron chi connectivity index (χ3n) is 4.90. The molecule has 1 fully saturated rings. The molecule has 0 saturated carbocycles. The van der Waals surface area contributed by atoms with E-state index in [1.807, 2.05) is 44.2 Å². The molecule has 2 aromatic carbocycles. The zero-order valence-electron chi connectivity index (χ0n) is 15.9. The molecule has 1 saturated heterocycles. The molecular formula is C20H25ClN2O3S. The average Bonchev–Trinajstić information content (AvgIpc) is 2.68. The van der Waals surface area contributed by atoms with Gasteiger partial charge in [0.2, 0.25) is 10.0 Å². The van der Waals surface area contributed by atoms with Crippen molar-refractivity contribution in [1.82, 2.24) is 4.31 Å². The summed E-state index contributed by atoms with van der Waals surface area (Å²) in [6.45, 7) is 6.08. The molecule has 146 valence electrons. The van der Waals surface area contributed by atoms with Gasteiger partial charge in [-0.2, -0.15) is 4.31 Å². The molecule has 1 aliphatic heterocycles. The van der Waals surface area contributed by atoms with E-state index in [-0.39, 0.29) is 10.8 Å². The SMILES string of the molecule is COc1ccc(C(C)C)cc1S(=O)(=O)N1CCN(c2ccccc2Cl)CC1. The number of hydrogen-bond acceptors (Lipinski definition) is 4. The van der Waals surface area contributed by atoms with Crippen LogP contribution in [0.5, 0.6) is 5.75 Å². The van der Waals surface area contributed by atoms with E-state index in [2.05, 4.69) is 4.90 Å². The third-order valence-corrected chi connectivity index (χ3v) is 7.14. The van der Waals surface area contributed by atoms with Crippen LogP contribution in [0.4, 0.5) is 5.69 Å². The van der Waals surface area contributed by atoms with Crippen molar-refractivity contribution in [3.05, 3.63) is 53.1 Å². The Kier molecular flexibility index (Phi) is 5.99. The van der Waals surface area contributed by atoms with Gasteiger partial charge < -0.3 is 9.64 Å². The maximum Gasteiger partial charge on any atom is 0.246 e. The van der Waals surface area contributed by atoms with Crippen molar-refractivity contribution in [2.45, 2.75) is 24.7 Å². The first-order chi connectivity index (χ1) is 12.8. The molecule has 27 heavy (non-hydrogen) atoms. The highest BCUT2D eigenvalue weighted by molar-refractivity contribution is 7.89. The monoisotopic (exact) mass is 408 g/mol. The molecule has 3 rings (SSSR count). The molecule has 0 radical (unpaired) electrons. The number of anilines is 1. The number of benzene rings is 2. The van der Waals surface area contributed by atoms with Gasteiger partial charge in [0.15, 0.2) is 0 Å². The lowest BCUT2D eigenvalue weighted by molar-refractivity contribution is 0.374. The molecule has 0 spiro atoms. The molecule has 5 nitrogen and oxygen atoms in total. The highest BCUT2D eigenvalue weighted by Gasteiger charge is 2.31. The fourth-order valence-corrected chi connectivity index (χ4v) is 5.14. The first-order valence-corrected chi connectivity index (χ1v) is 10.8. The van der Waals surface area contributed by atoms with Crippen LogP contribution in [-0.2, 0) is 10.0 Å². The smallest absolute Gasteiger partial charge is 0.246 e. The summed E-state index contributed by atoms with van der Waals surface area (Å²) in [5.74, 6) is 0.620. The van der Waals surface area contributed by atoms with Crippen LogP contribution in [0.3, 0.4) is 0 Å². The molecule has 0 aromatic heterocycles. The van der Waals surface area contributed by atoms with E-state index < -0.39 is 10.0 Å². The van der Waals surface area contributed by atoms with Crippen LogP contribution in [0.25, 0.3) is 0 Å². The lowest BCUT2D eigenvalue weighted by atomic mass is 10.0. The Morgan fingerprint density at radius 2 is 1.70 bits per heavy atom. The highest BCUT2D eigenvalue weighted by atomic mass is 35.5. The number of halogens is 1. The summed E-state index contributed by atoms with van der Waals surface area (Å²) >= 11 is 6.28. The van der Waals surface area contributed by atoms with E-state index in [1.165, 1.54) is 11.4 Å². The van der Waals surface area contributed by atoms with Gasteiger partial charge in [0, 0.05) is 26.2 Å². The molecular weight excluding hydrogens is 384 g/mol. The maximum absolute atomic E-state index is 13.3. The molecule has 0 unspecified atom stereocenters. The molecule has 0 atom stereocenters. The van der Waals surface area contributed by atoms with E-state index >= 15 is 0 Å². The van der Waals surface area contributed by atoms with Crippen molar-refractivity contribution in [3.8, 4) is 5.75 Å². The highest BCUT2D eigenvalue weighted by Crippen LogP contribution is 2.32. The summed E-state index contributed by atoms with van der Waals surface area (Å²) in [4.78, 5) is 2.36. The summed E-state index contributed by atoms with van der Waals surface area (Å²) in [5, 5.41) is 0.681. The summed E-state index contributed by atoms with van der Waals surface area (Å²) in [6.07, 6.45) is 0. The van der Waals surface area contributed by atoms with Gasteiger partial charge in [0.05, 0.1) is 17.8 Å². The molecule has 0 amide bonds. The van der Waals surface area contributed by atoms with Crippen molar-refractivity contribution >= 4 is 27.3 Å². The normalized spacial score (nSPS) is 16.0. The Morgan fingerprint density at radius 1 is 1.04 bits per heavy atom. The second-order valence-corrected chi connectivity index (χ2v) is 9.22. The number of sulfonamides is 1. The zero-order valence-corrected chi connectivity index (χ0v) is 17.4. The standard InChI is InChI=1S/C20H25ClN2O3S/c1-15(2)16-8-9-19(26-3)20(14-16)27(24,25)23-12-10-22(11-13-23)18-7-5-4-6-17(18)21/h4-9,14-15H,10-13H2,1-3H3. The van der Waals surface area contributed by atoms with Gasteiger partial charge in [-0.1, -0.05) is 43.6 Å². The molecule has 0 N–H and O–H groups in total.